The largest absolute Gasteiger partial charge is 0.497 e. The van der Waals surface area contributed by atoms with Crippen LogP contribution in [0.4, 0.5) is 11.4 Å². The van der Waals surface area contributed by atoms with E-state index in [0.29, 0.717) is 42.0 Å². The molecule has 0 saturated carbocycles. The van der Waals surface area contributed by atoms with Crippen molar-refractivity contribution in [1.29, 1.82) is 0 Å². The van der Waals surface area contributed by atoms with E-state index >= 15 is 4.79 Å². The number of ether oxygens (including phenoxy) is 3. The van der Waals surface area contributed by atoms with Gasteiger partial charge in [-0.1, -0.05) is 70.6 Å². The first-order valence-corrected chi connectivity index (χ1v) is 22.8. The predicted molar refractivity (Wildman–Crippen MR) is 214 cm³/mol. The van der Waals surface area contributed by atoms with Crippen LogP contribution in [0.5, 0.6) is 5.75 Å². The molecule has 2 saturated heterocycles. The molecule has 2 fully saturated rings. The minimum absolute atomic E-state index is 0.0175. The average molecular weight is 867 g/mol. The Labute approximate surface area is 339 Å². The molecule has 0 radical (unpaired) electrons. The third-order valence-electron chi connectivity index (χ3n) is 11.8. The van der Waals surface area contributed by atoms with Crippen LogP contribution in [-0.2, 0) is 44.2 Å². The summed E-state index contributed by atoms with van der Waals surface area (Å²) in [5.41, 5.74) is 1.84. The molecule has 3 aromatic carbocycles. The summed E-state index contributed by atoms with van der Waals surface area (Å²) in [7, 11) is -0.777. The minimum atomic E-state index is -2.42. The molecule has 6 N–H and O–H groups in total. The SMILES string of the molecule is COc1ccc([Si](C)(C)[C@H]2[C@H](CCn3cc(CCO)nn3)O[C@@]3(C(=O)N(Cc4cccc(NC(=O)[C@H]5O[C@@H](O)[C@H](O)[C@@H](O)[C@@H]5O)c4)c4ccc(Br)cc43)[C@@H]2C)cc1. The summed E-state index contributed by atoms with van der Waals surface area (Å²) in [6.07, 6.45) is -6.39. The quantitative estimate of drug-likeness (QED) is 0.113. The topological polar surface area (TPSA) is 209 Å². The molecule has 2 amide bonds. The molecule has 1 aromatic heterocycles. The lowest BCUT2D eigenvalue weighted by molar-refractivity contribution is -0.274. The number of methoxy groups -OCH3 is 1. The summed E-state index contributed by atoms with van der Waals surface area (Å²) in [4.78, 5) is 30.1. The summed E-state index contributed by atoms with van der Waals surface area (Å²) < 4.78 is 20.4. The van der Waals surface area contributed by atoms with E-state index in [9.17, 15) is 30.3 Å². The van der Waals surface area contributed by atoms with Crippen LogP contribution < -0.4 is 20.1 Å². The second-order valence-corrected chi connectivity index (χ2v) is 21.2. The van der Waals surface area contributed by atoms with Crippen LogP contribution in [0.15, 0.2) is 77.4 Å². The number of carbonyl (C=O) groups is 2. The Hall–Kier alpha value is -4.04. The molecule has 15 nitrogen and oxygen atoms in total. The normalized spacial score (nSPS) is 28.5. The molecule has 0 bridgehead atoms. The third-order valence-corrected chi connectivity index (χ3v) is 16.6. The molecule has 3 aliphatic heterocycles. The summed E-state index contributed by atoms with van der Waals surface area (Å²) in [6.45, 7) is 7.37. The second kappa shape index (κ2) is 16.3. The zero-order chi connectivity index (χ0) is 40.8. The van der Waals surface area contributed by atoms with Gasteiger partial charge < -0.3 is 50.0 Å². The minimum Gasteiger partial charge on any atom is -0.497 e. The van der Waals surface area contributed by atoms with Gasteiger partial charge in [-0.25, -0.2) is 0 Å². The Kier molecular flexibility index (Phi) is 11.8. The van der Waals surface area contributed by atoms with Gasteiger partial charge >= 0.3 is 0 Å². The molecule has 1 spiro atoms. The molecule has 0 unspecified atom stereocenters. The Morgan fingerprint density at radius 3 is 2.51 bits per heavy atom. The molecule has 4 aromatic rings. The van der Waals surface area contributed by atoms with Crippen molar-refractivity contribution < 1.29 is 49.3 Å². The van der Waals surface area contributed by atoms with Crippen LogP contribution in [0, 0.1) is 5.92 Å². The number of aromatic nitrogens is 3. The van der Waals surface area contributed by atoms with Crippen molar-refractivity contribution in [2.75, 3.05) is 23.9 Å². The number of aryl methyl sites for hydroxylation is 1. The first kappa shape index (κ1) is 41.1. The van der Waals surface area contributed by atoms with Gasteiger partial charge in [0.1, 0.15) is 24.1 Å². The number of benzene rings is 3. The van der Waals surface area contributed by atoms with E-state index in [-0.39, 0.29) is 36.6 Å². The number of hydrogen-bond acceptors (Lipinski definition) is 12. The van der Waals surface area contributed by atoms with Crippen molar-refractivity contribution in [3.05, 3.63) is 94.2 Å². The molecule has 4 heterocycles. The number of fused-ring (bicyclic) bond motifs is 2. The van der Waals surface area contributed by atoms with Crippen molar-refractivity contribution in [1.82, 2.24) is 15.0 Å². The molecule has 304 valence electrons. The first-order chi connectivity index (χ1) is 27.2. The number of halogens is 1. The fraction of sp³-hybridized carbons (Fsp3) is 0.450. The maximum atomic E-state index is 15.2. The highest BCUT2D eigenvalue weighted by Crippen LogP contribution is 2.60. The third kappa shape index (κ3) is 7.56. The second-order valence-electron chi connectivity index (χ2n) is 15.6. The van der Waals surface area contributed by atoms with Gasteiger partial charge in [0.15, 0.2) is 18.0 Å². The van der Waals surface area contributed by atoms with Crippen molar-refractivity contribution in [3.63, 3.8) is 0 Å². The lowest BCUT2D eigenvalue weighted by Gasteiger charge is -2.37. The van der Waals surface area contributed by atoms with E-state index in [1.54, 1.807) is 34.9 Å². The Bertz CT molecular complexity index is 2100. The van der Waals surface area contributed by atoms with Crippen molar-refractivity contribution in [2.45, 2.75) is 93.9 Å². The molecule has 17 heteroatoms. The van der Waals surface area contributed by atoms with Gasteiger partial charge in [-0.05, 0) is 60.0 Å². The number of rotatable bonds is 12. The summed E-state index contributed by atoms with van der Waals surface area (Å²) in [5, 5.41) is 62.0. The fourth-order valence-corrected chi connectivity index (χ4v) is 13.3. The number of nitrogens with zero attached hydrogens (tertiary/aromatic N) is 4. The summed E-state index contributed by atoms with van der Waals surface area (Å²) >= 11 is 3.66. The number of hydrogen-bond donors (Lipinski definition) is 6. The van der Waals surface area contributed by atoms with Gasteiger partial charge in [-0.3, -0.25) is 14.3 Å². The number of carbonyl (C=O) groups excluding carboxylic acids is 2. The average Bonchev–Trinajstić information content (AvgIpc) is 3.84. The highest BCUT2D eigenvalue weighted by atomic mass is 79.9. The number of amides is 2. The number of aliphatic hydroxyl groups excluding tert-OH is 5. The maximum Gasteiger partial charge on any atom is 0.264 e. The van der Waals surface area contributed by atoms with E-state index in [0.717, 1.165) is 15.8 Å². The van der Waals surface area contributed by atoms with Crippen molar-refractivity contribution in [3.8, 4) is 5.75 Å². The van der Waals surface area contributed by atoms with Crippen molar-refractivity contribution in [2.24, 2.45) is 5.92 Å². The van der Waals surface area contributed by atoms with Crippen LogP contribution in [0.3, 0.4) is 0 Å². The van der Waals surface area contributed by atoms with Gasteiger partial charge in [0.2, 0.25) is 0 Å². The maximum absolute atomic E-state index is 15.2. The zero-order valence-electron chi connectivity index (χ0n) is 32.0. The molecule has 3 aliphatic rings. The molecule has 0 aliphatic carbocycles. The summed E-state index contributed by atoms with van der Waals surface area (Å²) in [6, 6.07) is 20.8. The molecule has 7 rings (SSSR count). The zero-order valence-corrected chi connectivity index (χ0v) is 34.6. The van der Waals surface area contributed by atoms with Crippen LogP contribution in [0.2, 0.25) is 18.6 Å². The molecular formula is C40H48BrN5O10Si. The van der Waals surface area contributed by atoms with Gasteiger partial charge in [0.05, 0.1) is 39.2 Å². The Morgan fingerprint density at radius 2 is 1.79 bits per heavy atom. The van der Waals surface area contributed by atoms with Crippen LogP contribution >= 0.6 is 15.9 Å². The highest BCUT2D eigenvalue weighted by Gasteiger charge is 2.66. The summed E-state index contributed by atoms with van der Waals surface area (Å²) in [5.74, 6) is -0.524. The molecular weight excluding hydrogens is 818 g/mol. The number of nitrogens with one attached hydrogen (secondary N) is 1. The molecule has 9 atom stereocenters. The van der Waals surface area contributed by atoms with E-state index in [2.05, 4.69) is 63.7 Å². The number of anilines is 2. The lowest BCUT2D eigenvalue weighted by Crippen LogP contribution is -2.60. The monoisotopic (exact) mass is 865 g/mol. The van der Waals surface area contributed by atoms with Gasteiger partial charge in [0.25, 0.3) is 11.8 Å². The first-order valence-electron chi connectivity index (χ1n) is 18.9. The van der Waals surface area contributed by atoms with Gasteiger partial charge in [0, 0.05) is 47.4 Å². The standard InChI is InChI=1S/C40H48BrN5O10Si/c1-22-36(57(3,4)28-11-9-27(54-2)10-12-28)31(14-16-45-21-26(15-17-47)43-44-45)56-40(22)29-19-24(41)8-13-30(29)46(39(40)53)20-23-6-5-7-25(18-23)42-37(51)35-33(49)32(48)34(50)38(52)55-35/h5-13,18-19,21-22,31-36,38,47-50,52H,14-17,20H2,1-4H3,(H,42,51)/t22-,31+,32+,33+,34-,35+,36-,38-,40+/m1/s1. The van der Waals surface area contributed by atoms with Crippen LogP contribution in [-0.4, -0.2) is 111 Å². The van der Waals surface area contributed by atoms with Crippen LogP contribution in [0.1, 0.15) is 30.2 Å². The van der Waals surface area contributed by atoms with E-state index < -0.39 is 50.3 Å². The fourth-order valence-electron chi connectivity index (χ4n) is 8.87. The van der Waals surface area contributed by atoms with E-state index in [1.165, 1.54) is 5.19 Å². The van der Waals surface area contributed by atoms with Gasteiger partial charge in [-0.2, -0.15) is 0 Å². The van der Waals surface area contributed by atoms with Crippen molar-refractivity contribution >= 4 is 52.4 Å². The number of aliphatic hydroxyl groups is 5. The predicted octanol–water partition coefficient (Wildman–Crippen LogP) is 2.18. The van der Waals surface area contributed by atoms with Gasteiger partial charge in [-0.15, -0.1) is 5.10 Å². The lowest BCUT2D eigenvalue weighted by atomic mass is 9.82. The smallest absolute Gasteiger partial charge is 0.264 e. The Balaban J connectivity index is 1.20. The van der Waals surface area contributed by atoms with E-state index in [4.69, 9.17) is 14.2 Å². The van der Waals surface area contributed by atoms with Crippen LogP contribution in [0.25, 0.3) is 0 Å². The molecule has 57 heavy (non-hydrogen) atoms. The van der Waals surface area contributed by atoms with E-state index in [1.807, 2.05) is 42.6 Å². The Morgan fingerprint density at radius 1 is 1.04 bits per heavy atom. The highest BCUT2D eigenvalue weighted by molar-refractivity contribution is 9.10.